The first kappa shape index (κ1) is 13.9. The Balaban J connectivity index is 2.50. The van der Waals surface area contributed by atoms with Crippen LogP contribution in [0.4, 0.5) is 0 Å². The van der Waals surface area contributed by atoms with E-state index in [9.17, 15) is 8.42 Å². The fourth-order valence-corrected chi connectivity index (χ4v) is 3.13. The molecule has 2 N–H and O–H groups in total. The molecular formula is C10H22N2O3S. The lowest BCUT2D eigenvalue weighted by Gasteiger charge is -2.22. The SMILES string of the molecule is CNCC(C)S(=O)(=O)NC(C)C1CCCO1. The number of sulfonamides is 1. The summed E-state index contributed by atoms with van der Waals surface area (Å²) in [5.41, 5.74) is 0. The van der Waals surface area contributed by atoms with Crippen LogP contribution in [0.5, 0.6) is 0 Å². The second kappa shape index (κ2) is 5.95. The van der Waals surface area contributed by atoms with Gasteiger partial charge in [-0.25, -0.2) is 13.1 Å². The zero-order chi connectivity index (χ0) is 12.2. The minimum atomic E-state index is -3.25. The number of rotatable bonds is 6. The lowest BCUT2D eigenvalue weighted by molar-refractivity contribution is 0.0901. The van der Waals surface area contributed by atoms with Gasteiger partial charge in [0.25, 0.3) is 0 Å². The highest BCUT2D eigenvalue weighted by molar-refractivity contribution is 7.90. The fourth-order valence-electron chi connectivity index (χ4n) is 1.85. The van der Waals surface area contributed by atoms with Crippen LogP contribution in [0, 0.1) is 0 Å². The van der Waals surface area contributed by atoms with Gasteiger partial charge in [-0.05, 0) is 33.7 Å². The maximum Gasteiger partial charge on any atom is 0.215 e. The van der Waals surface area contributed by atoms with Crippen LogP contribution < -0.4 is 10.0 Å². The summed E-state index contributed by atoms with van der Waals surface area (Å²) in [6, 6.07) is -0.146. The van der Waals surface area contributed by atoms with Crippen molar-refractivity contribution in [2.45, 2.75) is 44.1 Å². The highest BCUT2D eigenvalue weighted by Gasteiger charge is 2.28. The van der Waals surface area contributed by atoms with E-state index < -0.39 is 15.3 Å². The summed E-state index contributed by atoms with van der Waals surface area (Å²) in [4.78, 5) is 0. The molecule has 0 aliphatic carbocycles. The van der Waals surface area contributed by atoms with Crippen molar-refractivity contribution in [2.24, 2.45) is 0 Å². The van der Waals surface area contributed by atoms with E-state index in [0.717, 1.165) is 19.4 Å². The standard InChI is InChI=1S/C10H22N2O3S/c1-8(7-11-3)16(13,14)12-9(2)10-5-4-6-15-10/h8-12H,4-7H2,1-3H3. The van der Waals surface area contributed by atoms with Crippen LogP contribution in [0.25, 0.3) is 0 Å². The van der Waals surface area contributed by atoms with E-state index in [1.54, 1.807) is 14.0 Å². The van der Waals surface area contributed by atoms with Gasteiger partial charge in [0, 0.05) is 19.2 Å². The molecule has 16 heavy (non-hydrogen) atoms. The van der Waals surface area contributed by atoms with E-state index in [0.29, 0.717) is 6.54 Å². The van der Waals surface area contributed by atoms with Crippen molar-refractivity contribution >= 4 is 10.0 Å². The summed E-state index contributed by atoms with van der Waals surface area (Å²) in [6.45, 7) is 4.75. The Hall–Kier alpha value is -0.170. The highest BCUT2D eigenvalue weighted by Crippen LogP contribution is 2.16. The number of nitrogens with one attached hydrogen (secondary N) is 2. The van der Waals surface area contributed by atoms with Gasteiger partial charge in [-0.15, -0.1) is 0 Å². The topological polar surface area (TPSA) is 67.4 Å². The molecule has 3 atom stereocenters. The largest absolute Gasteiger partial charge is 0.377 e. The highest BCUT2D eigenvalue weighted by atomic mass is 32.2. The average Bonchev–Trinajstić information content (AvgIpc) is 2.70. The summed E-state index contributed by atoms with van der Waals surface area (Å²) in [5, 5.41) is 2.44. The van der Waals surface area contributed by atoms with Gasteiger partial charge in [-0.3, -0.25) is 0 Å². The summed E-state index contributed by atoms with van der Waals surface area (Å²) < 4.78 is 31.9. The molecule has 1 rings (SSSR count). The quantitative estimate of drug-likeness (QED) is 0.700. The van der Waals surface area contributed by atoms with E-state index >= 15 is 0 Å². The van der Waals surface area contributed by atoms with Crippen LogP contribution in [0.1, 0.15) is 26.7 Å². The molecule has 5 nitrogen and oxygen atoms in total. The maximum atomic E-state index is 11.9. The molecule has 3 unspecified atom stereocenters. The van der Waals surface area contributed by atoms with Gasteiger partial charge >= 0.3 is 0 Å². The molecule has 1 fully saturated rings. The van der Waals surface area contributed by atoms with Crippen LogP contribution >= 0.6 is 0 Å². The molecule has 0 bridgehead atoms. The molecule has 0 amide bonds. The van der Waals surface area contributed by atoms with Crippen molar-refractivity contribution in [3.63, 3.8) is 0 Å². The predicted octanol–water partition coefficient (Wildman–Crippen LogP) is 0.0812. The Bertz CT molecular complexity index is 299. The molecule has 0 spiro atoms. The van der Waals surface area contributed by atoms with E-state index in [4.69, 9.17) is 4.74 Å². The third kappa shape index (κ3) is 3.69. The van der Waals surface area contributed by atoms with E-state index in [-0.39, 0.29) is 12.1 Å². The van der Waals surface area contributed by atoms with Crippen molar-refractivity contribution in [2.75, 3.05) is 20.2 Å². The first-order chi connectivity index (χ1) is 7.47. The second-order valence-electron chi connectivity index (χ2n) is 4.37. The minimum absolute atomic E-state index is 0.0246. The Morgan fingerprint density at radius 2 is 2.12 bits per heavy atom. The first-order valence-corrected chi connectivity index (χ1v) is 7.29. The number of hydrogen-bond donors (Lipinski definition) is 2. The fraction of sp³-hybridized carbons (Fsp3) is 1.00. The molecule has 0 radical (unpaired) electrons. The second-order valence-corrected chi connectivity index (χ2v) is 6.50. The van der Waals surface area contributed by atoms with Crippen molar-refractivity contribution < 1.29 is 13.2 Å². The number of ether oxygens (including phenoxy) is 1. The van der Waals surface area contributed by atoms with Gasteiger partial charge in [0.05, 0.1) is 11.4 Å². The van der Waals surface area contributed by atoms with Gasteiger partial charge in [-0.2, -0.15) is 0 Å². The molecule has 0 saturated carbocycles. The van der Waals surface area contributed by atoms with Crippen LogP contribution in [-0.4, -0.2) is 46.0 Å². The van der Waals surface area contributed by atoms with Crippen molar-refractivity contribution in [3.8, 4) is 0 Å². The molecule has 0 aromatic heterocycles. The van der Waals surface area contributed by atoms with Gasteiger partial charge < -0.3 is 10.1 Å². The van der Waals surface area contributed by atoms with Crippen LogP contribution in [0.15, 0.2) is 0 Å². The monoisotopic (exact) mass is 250 g/mol. The Labute approximate surface area is 98.0 Å². The third-order valence-electron chi connectivity index (χ3n) is 2.89. The first-order valence-electron chi connectivity index (χ1n) is 5.74. The Morgan fingerprint density at radius 3 is 2.62 bits per heavy atom. The zero-order valence-corrected chi connectivity index (χ0v) is 11.0. The van der Waals surface area contributed by atoms with Crippen molar-refractivity contribution in [3.05, 3.63) is 0 Å². The summed E-state index contributed by atoms with van der Waals surface area (Å²) in [6.07, 6.45) is 1.98. The summed E-state index contributed by atoms with van der Waals surface area (Å²) >= 11 is 0. The van der Waals surface area contributed by atoms with Gasteiger partial charge in [0.15, 0.2) is 0 Å². The lowest BCUT2D eigenvalue weighted by Crippen LogP contribution is -2.46. The molecular weight excluding hydrogens is 228 g/mol. The van der Waals surface area contributed by atoms with Gasteiger partial charge in [0.2, 0.25) is 10.0 Å². The van der Waals surface area contributed by atoms with Crippen LogP contribution in [-0.2, 0) is 14.8 Å². The Kier molecular flexibility index (Phi) is 5.17. The molecule has 0 aromatic rings. The molecule has 6 heteroatoms. The summed E-state index contributed by atoms with van der Waals surface area (Å²) in [7, 11) is -1.51. The van der Waals surface area contributed by atoms with Crippen LogP contribution in [0.3, 0.4) is 0 Å². The predicted molar refractivity (Wildman–Crippen MR) is 63.9 cm³/mol. The van der Waals surface area contributed by atoms with Crippen LogP contribution in [0.2, 0.25) is 0 Å². The molecule has 1 aliphatic rings. The lowest BCUT2D eigenvalue weighted by atomic mass is 10.1. The minimum Gasteiger partial charge on any atom is -0.377 e. The Morgan fingerprint density at radius 1 is 1.44 bits per heavy atom. The number of hydrogen-bond acceptors (Lipinski definition) is 4. The normalized spacial score (nSPS) is 25.6. The van der Waals surface area contributed by atoms with E-state index in [2.05, 4.69) is 10.0 Å². The van der Waals surface area contributed by atoms with Gasteiger partial charge in [0.1, 0.15) is 0 Å². The summed E-state index contributed by atoms with van der Waals surface area (Å²) in [5.74, 6) is 0. The maximum absolute atomic E-state index is 11.9. The molecule has 96 valence electrons. The van der Waals surface area contributed by atoms with Gasteiger partial charge in [-0.1, -0.05) is 0 Å². The molecule has 1 heterocycles. The zero-order valence-electron chi connectivity index (χ0n) is 10.2. The van der Waals surface area contributed by atoms with E-state index in [1.807, 2.05) is 6.92 Å². The smallest absolute Gasteiger partial charge is 0.215 e. The van der Waals surface area contributed by atoms with Crippen molar-refractivity contribution in [1.82, 2.24) is 10.0 Å². The molecule has 1 aliphatic heterocycles. The molecule has 1 saturated heterocycles. The van der Waals surface area contributed by atoms with E-state index in [1.165, 1.54) is 0 Å². The average molecular weight is 250 g/mol. The third-order valence-corrected chi connectivity index (χ3v) is 4.82. The molecule has 0 aromatic carbocycles. The van der Waals surface area contributed by atoms with Crippen molar-refractivity contribution in [1.29, 1.82) is 0 Å².